The molecule has 0 amide bonds. The number of ether oxygens (including phenoxy) is 1. The summed E-state index contributed by atoms with van der Waals surface area (Å²) in [4.78, 5) is 1.91. The van der Waals surface area contributed by atoms with Gasteiger partial charge in [-0.25, -0.2) is 0 Å². The van der Waals surface area contributed by atoms with E-state index in [0.29, 0.717) is 6.61 Å². The van der Waals surface area contributed by atoms with Crippen molar-refractivity contribution in [2.45, 2.75) is 20.1 Å². The summed E-state index contributed by atoms with van der Waals surface area (Å²) in [6, 6.07) is 0. The number of hydrogen-bond donors (Lipinski definition) is 1. The number of allylic oxidation sites excluding steroid dienone is 1. The van der Waals surface area contributed by atoms with E-state index in [1.807, 2.05) is 32.0 Å². The maximum atomic E-state index is 6.76. The van der Waals surface area contributed by atoms with E-state index in [1.165, 1.54) is 6.21 Å². The summed E-state index contributed by atoms with van der Waals surface area (Å²) in [5, 5.41) is 6.76. The number of nitrogens with zero attached hydrogens (tertiary/aromatic N) is 1. The molecule has 0 saturated heterocycles. The fourth-order valence-corrected chi connectivity index (χ4v) is 0.659. The van der Waals surface area contributed by atoms with Crippen molar-refractivity contribution in [3.63, 3.8) is 0 Å². The first-order chi connectivity index (χ1) is 5.22. The molecule has 0 fully saturated rings. The Morgan fingerprint density at radius 1 is 1.64 bits per heavy atom. The second-order valence-corrected chi connectivity index (χ2v) is 2.23. The normalized spacial score (nSPS) is 13.4. The zero-order chi connectivity index (χ0) is 8.69. The molecule has 0 aliphatic carbocycles. The molecular weight excluding hydrogens is 140 g/mol. The number of hydrogen-bond acceptors (Lipinski definition) is 3. The fourth-order valence-electron chi connectivity index (χ4n) is 0.659. The Labute approximate surface area is 68.2 Å². The van der Waals surface area contributed by atoms with E-state index in [2.05, 4.69) is 0 Å². The minimum Gasteiger partial charge on any atom is -0.359 e. The molecule has 0 spiro atoms. The van der Waals surface area contributed by atoms with Crippen LogP contribution in [0, 0.1) is 5.41 Å². The van der Waals surface area contributed by atoms with Crippen LogP contribution in [0.25, 0.3) is 0 Å². The highest BCUT2D eigenvalue weighted by atomic mass is 16.5. The van der Waals surface area contributed by atoms with E-state index in [1.54, 1.807) is 6.08 Å². The van der Waals surface area contributed by atoms with Gasteiger partial charge in [0.1, 0.15) is 6.23 Å². The highest BCUT2D eigenvalue weighted by Gasteiger charge is 2.01. The van der Waals surface area contributed by atoms with Crippen LogP contribution >= 0.6 is 0 Å². The molecule has 3 heteroatoms. The predicted molar refractivity (Wildman–Crippen MR) is 46.8 cm³/mol. The van der Waals surface area contributed by atoms with Gasteiger partial charge < -0.3 is 15.0 Å². The molecule has 1 N–H and O–H groups in total. The van der Waals surface area contributed by atoms with Crippen LogP contribution in [-0.4, -0.2) is 31.0 Å². The molecular formula is C8H16N2O. The lowest BCUT2D eigenvalue weighted by molar-refractivity contribution is -0.00575. The Morgan fingerprint density at radius 2 is 2.27 bits per heavy atom. The predicted octanol–water partition coefficient (Wildman–Crippen LogP) is 1.46. The lowest BCUT2D eigenvalue weighted by Gasteiger charge is -2.22. The Hall–Kier alpha value is -0.830. The zero-order valence-corrected chi connectivity index (χ0v) is 7.37. The monoisotopic (exact) mass is 156 g/mol. The highest BCUT2D eigenvalue weighted by molar-refractivity contribution is 5.67. The van der Waals surface area contributed by atoms with E-state index < -0.39 is 0 Å². The van der Waals surface area contributed by atoms with Gasteiger partial charge in [-0.15, -0.1) is 0 Å². The summed E-state index contributed by atoms with van der Waals surface area (Å²) in [6.45, 7) is 4.65. The first-order valence-electron chi connectivity index (χ1n) is 3.73. The van der Waals surface area contributed by atoms with Crippen LogP contribution in [0.15, 0.2) is 12.3 Å². The summed E-state index contributed by atoms with van der Waals surface area (Å²) < 4.78 is 5.30. The third-order valence-corrected chi connectivity index (χ3v) is 1.40. The molecule has 0 saturated carbocycles. The summed E-state index contributed by atoms with van der Waals surface area (Å²) in [5.41, 5.74) is 0. The standard InChI is InChI=1S/C8H16N2O/c1-4-11-8(2)10(3)7-5-6-9/h5-9H,4H2,1-3H3/b7-5-,9-6?. The van der Waals surface area contributed by atoms with Gasteiger partial charge in [-0.1, -0.05) is 0 Å². The van der Waals surface area contributed by atoms with Crippen molar-refractivity contribution >= 4 is 6.21 Å². The van der Waals surface area contributed by atoms with Gasteiger partial charge in [0.15, 0.2) is 0 Å². The molecule has 0 aliphatic rings. The molecule has 0 aliphatic heterocycles. The average Bonchev–Trinajstić information content (AvgIpc) is 2.00. The smallest absolute Gasteiger partial charge is 0.126 e. The molecule has 0 heterocycles. The zero-order valence-electron chi connectivity index (χ0n) is 7.37. The molecule has 11 heavy (non-hydrogen) atoms. The van der Waals surface area contributed by atoms with E-state index >= 15 is 0 Å². The molecule has 0 bridgehead atoms. The van der Waals surface area contributed by atoms with Crippen molar-refractivity contribution in [3.05, 3.63) is 12.3 Å². The van der Waals surface area contributed by atoms with Crippen LogP contribution in [0.4, 0.5) is 0 Å². The van der Waals surface area contributed by atoms with Crippen molar-refractivity contribution in [2.24, 2.45) is 0 Å². The molecule has 64 valence electrons. The third kappa shape index (κ3) is 4.56. The average molecular weight is 156 g/mol. The summed E-state index contributed by atoms with van der Waals surface area (Å²) in [6.07, 6.45) is 4.80. The first-order valence-corrected chi connectivity index (χ1v) is 3.73. The first kappa shape index (κ1) is 10.2. The molecule has 3 nitrogen and oxygen atoms in total. The van der Waals surface area contributed by atoms with Gasteiger partial charge in [0.2, 0.25) is 0 Å². The third-order valence-electron chi connectivity index (χ3n) is 1.40. The van der Waals surface area contributed by atoms with Crippen LogP contribution < -0.4 is 0 Å². The summed E-state index contributed by atoms with van der Waals surface area (Å²) in [5.74, 6) is 0. The lowest BCUT2D eigenvalue weighted by Crippen LogP contribution is -2.26. The Bertz CT molecular complexity index is 134. The largest absolute Gasteiger partial charge is 0.359 e. The molecule has 0 aromatic rings. The molecule has 0 rings (SSSR count). The molecule has 0 radical (unpaired) electrons. The van der Waals surface area contributed by atoms with Crippen molar-refractivity contribution < 1.29 is 4.74 Å². The molecule has 0 aromatic heterocycles. The van der Waals surface area contributed by atoms with Gasteiger partial charge in [0.25, 0.3) is 0 Å². The van der Waals surface area contributed by atoms with Crippen LogP contribution in [0.5, 0.6) is 0 Å². The fraction of sp³-hybridized carbons (Fsp3) is 0.625. The summed E-state index contributed by atoms with van der Waals surface area (Å²) in [7, 11) is 1.92. The van der Waals surface area contributed by atoms with E-state index in [-0.39, 0.29) is 6.23 Å². The van der Waals surface area contributed by atoms with Crippen molar-refractivity contribution in [1.82, 2.24) is 4.90 Å². The van der Waals surface area contributed by atoms with Crippen LogP contribution in [0.3, 0.4) is 0 Å². The molecule has 1 unspecified atom stereocenters. The SMILES string of the molecule is CCOC(C)N(C)/C=C\C=N. The molecule has 1 atom stereocenters. The minimum absolute atomic E-state index is 0.0798. The van der Waals surface area contributed by atoms with Gasteiger partial charge in [-0.3, -0.25) is 0 Å². The lowest BCUT2D eigenvalue weighted by atomic mass is 10.5. The number of rotatable bonds is 5. The van der Waals surface area contributed by atoms with Gasteiger partial charge >= 0.3 is 0 Å². The van der Waals surface area contributed by atoms with E-state index in [4.69, 9.17) is 10.1 Å². The maximum Gasteiger partial charge on any atom is 0.126 e. The van der Waals surface area contributed by atoms with E-state index in [0.717, 1.165) is 0 Å². The van der Waals surface area contributed by atoms with Crippen LogP contribution in [-0.2, 0) is 4.74 Å². The highest BCUT2D eigenvalue weighted by Crippen LogP contribution is 1.96. The van der Waals surface area contributed by atoms with Gasteiger partial charge in [-0.05, 0) is 19.9 Å². The molecule has 0 aromatic carbocycles. The quantitative estimate of drug-likeness (QED) is 0.483. The van der Waals surface area contributed by atoms with Crippen LogP contribution in [0.2, 0.25) is 0 Å². The Kier molecular flexibility index (Phi) is 5.47. The van der Waals surface area contributed by atoms with Crippen LogP contribution in [0.1, 0.15) is 13.8 Å². The second kappa shape index (κ2) is 5.92. The number of nitrogens with one attached hydrogen (secondary N) is 1. The van der Waals surface area contributed by atoms with Crippen molar-refractivity contribution in [3.8, 4) is 0 Å². The van der Waals surface area contributed by atoms with E-state index in [9.17, 15) is 0 Å². The Morgan fingerprint density at radius 3 is 2.73 bits per heavy atom. The van der Waals surface area contributed by atoms with Gasteiger partial charge in [0, 0.05) is 26.1 Å². The van der Waals surface area contributed by atoms with Gasteiger partial charge in [0.05, 0.1) is 0 Å². The topological polar surface area (TPSA) is 36.3 Å². The van der Waals surface area contributed by atoms with Crippen molar-refractivity contribution in [1.29, 1.82) is 5.41 Å². The van der Waals surface area contributed by atoms with Gasteiger partial charge in [-0.2, -0.15) is 0 Å². The summed E-state index contributed by atoms with van der Waals surface area (Å²) >= 11 is 0. The Balaban J connectivity index is 3.71. The minimum atomic E-state index is 0.0798. The second-order valence-electron chi connectivity index (χ2n) is 2.23. The maximum absolute atomic E-state index is 6.76. The van der Waals surface area contributed by atoms with Crippen molar-refractivity contribution in [2.75, 3.05) is 13.7 Å².